The second-order valence-electron chi connectivity index (χ2n) is 4.18. The quantitative estimate of drug-likeness (QED) is 0.680. The number of likely N-dealkylation sites (N-methyl/N-ethyl adjacent to an activating group) is 1. The van der Waals surface area contributed by atoms with Gasteiger partial charge in [-0.2, -0.15) is 0 Å². The van der Waals surface area contributed by atoms with E-state index in [-0.39, 0.29) is 24.0 Å². The van der Waals surface area contributed by atoms with Crippen LogP contribution < -0.4 is 5.32 Å². The maximum absolute atomic E-state index is 11.6. The molecular formula is C11H20N2O3. The van der Waals surface area contributed by atoms with E-state index in [9.17, 15) is 9.59 Å². The van der Waals surface area contributed by atoms with Crippen LogP contribution >= 0.6 is 0 Å². The van der Waals surface area contributed by atoms with Crippen LogP contribution in [-0.2, 0) is 14.3 Å². The molecule has 2 atom stereocenters. The molecule has 1 fully saturated rings. The third-order valence-electron chi connectivity index (χ3n) is 2.69. The number of carbonyl (C=O) groups excluding carboxylic acids is 2. The number of hydrogen-bond acceptors (Lipinski definition) is 4. The lowest BCUT2D eigenvalue weighted by Crippen LogP contribution is -2.42. The van der Waals surface area contributed by atoms with E-state index in [1.165, 1.54) is 0 Å². The number of rotatable bonds is 5. The molecule has 0 saturated carbocycles. The molecule has 1 rings (SSSR count). The van der Waals surface area contributed by atoms with Gasteiger partial charge in [-0.3, -0.25) is 9.59 Å². The molecule has 2 unspecified atom stereocenters. The van der Waals surface area contributed by atoms with Gasteiger partial charge in [0.05, 0.1) is 19.1 Å². The van der Waals surface area contributed by atoms with E-state index < -0.39 is 0 Å². The van der Waals surface area contributed by atoms with Gasteiger partial charge in [-0.25, -0.2) is 0 Å². The topological polar surface area (TPSA) is 58.6 Å². The van der Waals surface area contributed by atoms with Gasteiger partial charge in [-0.15, -0.1) is 0 Å². The molecule has 0 radical (unpaired) electrons. The van der Waals surface area contributed by atoms with E-state index in [2.05, 4.69) is 5.32 Å². The van der Waals surface area contributed by atoms with Gasteiger partial charge in [0, 0.05) is 19.6 Å². The molecule has 0 aliphatic carbocycles. The predicted octanol–water partition coefficient (Wildman–Crippen LogP) is 0.148. The fraction of sp³-hybridized carbons (Fsp3) is 0.818. The first kappa shape index (κ1) is 13.0. The highest BCUT2D eigenvalue weighted by atomic mass is 16.5. The Bertz CT molecular complexity index is 268. The van der Waals surface area contributed by atoms with E-state index in [1.54, 1.807) is 18.9 Å². The molecule has 1 saturated heterocycles. The molecule has 16 heavy (non-hydrogen) atoms. The Labute approximate surface area is 96.1 Å². The molecule has 5 nitrogen and oxygen atoms in total. The highest BCUT2D eigenvalue weighted by Crippen LogP contribution is 2.10. The lowest BCUT2D eigenvalue weighted by atomic mass is 10.2. The average Bonchev–Trinajstić information content (AvgIpc) is 2.50. The molecule has 1 heterocycles. The van der Waals surface area contributed by atoms with Crippen molar-refractivity contribution in [2.24, 2.45) is 0 Å². The maximum Gasteiger partial charge on any atom is 0.307 e. The van der Waals surface area contributed by atoms with E-state index in [0.717, 1.165) is 13.0 Å². The predicted molar refractivity (Wildman–Crippen MR) is 59.9 cm³/mol. The van der Waals surface area contributed by atoms with Crippen LogP contribution in [0.1, 0.15) is 26.7 Å². The molecule has 1 aliphatic heterocycles. The molecule has 92 valence electrons. The smallest absolute Gasteiger partial charge is 0.307 e. The third kappa shape index (κ3) is 3.48. The SMILES string of the molecule is CCOC(=O)CC(C)NC1CCN(C)C1=O. The van der Waals surface area contributed by atoms with Gasteiger partial charge in [-0.1, -0.05) is 0 Å². The van der Waals surface area contributed by atoms with E-state index >= 15 is 0 Å². The van der Waals surface area contributed by atoms with Gasteiger partial charge < -0.3 is 15.0 Å². The molecule has 1 aliphatic rings. The Morgan fingerprint density at radius 1 is 1.69 bits per heavy atom. The zero-order valence-electron chi connectivity index (χ0n) is 10.2. The van der Waals surface area contributed by atoms with Crippen molar-refractivity contribution < 1.29 is 14.3 Å². The number of nitrogens with zero attached hydrogens (tertiary/aromatic N) is 1. The molecule has 0 aromatic carbocycles. The van der Waals surface area contributed by atoms with E-state index in [1.807, 2.05) is 6.92 Å². The van der Waals surface area contributed by atoms with Gasteiger partial charge in [0.1, 0.15) is 0 Å². The molecule has 5 heteroatoms. The number of amides is 1. The summed E-state index contributed by atoms with van der Waals surface area (Å²) in [5.41, 5.74) is 0. The lowest BCUT2D eigenvalue weighted by Gasteiger charge is -2.17. The Kier molecular flexibility index (Phi) is 4.73. The van der Waals surface area contributed by atoms with Crippen molar-refractivity contribution in [2.45, 2.75) is 38.8 Å². The first-order valence-electron chi connectivity index (χ1n) is 5.71. The number of esters is 1. The summed E-state index contributed by atoms with van der Waals surface area (Å²) < 4.78 is 4.85. The fourth-order valence-corrected chi connectivity index (χ4v) is 1.85. The Balaban J connectivity index is 2.31. The molecule has 0 aromatic rings. The summed E-state index contributed by atoms with van der Waals surface area (Å²) >= 11 is 0. The Morgan fingerprint density at radius 2 is 2.38 bits per heavy atom. The van der Waals surface area contributed by atoms with Crippen LogP contribution in [-0.4, -0.2) is 49.1 Å². The van der Waals surface area contributed by atoms with Crippen LogP contribution in [0, 0.1) is 0 Å². The van der Waals surface area contributed by atoms with E-state index in [0.29, 0.717) is 13.0 Å². The minimum Gasteiger partial charge on any atom is -0.466 e. The van der Waals surface area contributed by atoms with Crippen molar-refractivity contribution in [1.82, 2.24) is 10.2 Å². The number of likely N-dealkylation sites (tertiary alicyclic amines) is 1. The largest absolute Gasteiger partial charge is 0.466 e. The van der Waals surface area contributed by atoms with E-state index in [4.69, 9.17) is 4.74 Å². The number of nitrogens with one attached hydrogen (secondary N) is 1. The molecule has 0 bridgehead atoms. The first-order valence-corrected chi connectivity index (χ1v) is 5.71. The molecular weight excluding hydrogens is 208 g/mol. The fourth-order valence-electron chi connectivity index (χ4n) is 1.85. The van der Waals surface area contributed by atoms with Crippen LogP contribution in [0.5, 0.6) is 0 Å². The summed E-state index contributed by atoms with van der Waals surface area (Å²) in [6.07, 6.45) is 1.11. The third-order valence-corrected chi connectivity index (χ3v) is 2.69. The van der Waals surface area contributed by atoms with Gasteiger partial charge in [0.25, 0.3) is 0 Å². The highest BCUT2D eigenvalue weighted by Gasteiger charge is 2.30. The van der Waals surface area contributed by atoms with Crippen LogP contribution in [0.25, 0.3) is 0 Å². The highest BCUT2D eigenvalue weighted by molar-refractivity contribution is 5.83. The summed E-state index contributed by atoms with van der Waals surface area (Å²) in [7, 11) is 1.79. The second kappa shape index (κ2) is 5.84. The number of hydrogen-bond donors (Lipinski definition) is 1. The van der Waals surface area contributed by atoms with Crippen molar-refractivity contribution in [1.29, 1.82) is 0 Å². The molecule has 0 aromatic heterocycles. The van der Waals surface area contributed by atoms with Crippen molar-refractivity contribution in [2.75, 3.05) is 20.2 Å². The van der Waals surface area contributed by atoms with Crippen LogP contribution in [0.3, 0.4) is 0 Å². The van der Waals surface area contributed by atoms with Crippen molar-refractivity contribution in [3.63, 3.8) is 0 Å². The zero-order valence-corrected chi connectivity index (χ0v) is 10.2. The minimum atomic E-state index is -0.221. The molecule has 1 N–H and O–H groups in total. The molecule has 1 amide bonds. The second-order valence-corrected chi connectivity index (χ2v) is 4.18. The van der Waals surface area contributed by atoms with Crippen LogP contribution in [0.2, 0.25) is 0 Å². The van der Waals surface area contributed by atoms with Gasteiger partial charge in [-0.05, 0) is 20.3 Å². The number of ether oxygens (including phenoxy) is 1. The van der Waals surface area contributed by atoms with Crippen molar-refractivity contribution >= 4 is 11.9 Å². The average molecular weight is 228 g/mol. The normalized spacial score (nSPS) is 22.3. The summed E-state index contributed by atoms with van der Waals surface area (Å²) in [6, 6.07) is -0.172. The van der Waals surface area contributed by atoms with Gasteiger partial charge in [0.2, 0.25) is 5.91 Å². The van der Waals surface area contributed by atoms with Crippen LogP contribution in [0.4, 0.5) is 0 Å². The van der Waals surface area contributed by atoms with Gasteiger partial charge >= 0.3 is 5.97 Å². The van der Waals surface area contributed by atoms with Crippen LogP contribution in [0.15, 0.2) is 0 Å². The lowest BCUT2D eigenvalue weighted by molar-refractivity contribution is -0.143. The van der Waals surface area contributed by atoms with Gasteiger partial charge in [0.15, 0.2) is 0 Å². The summed E-state index contributed by atoms with van der Waals surface area (Å²) in [5.74, 6) is -0.114. The summed E-state index contributed by atoms with van der Waals surface area (Å²) in [6.45, 7) is 4.85. The monoisotopic (exact) mass is 228 g/mol. The standard InChI is InChI=1S/C11H20N2O3/c1-4-16-10(14)7-8(2)12-9-5-6-13(3)11(9)15/h8-9,12H,4-7H2,1-3H3. The molecule has 0 spiro atoms. The Morgan fingerprint density at radius 3 is 2.88 bits per heavy atom. The van der Waals surface area contributed by atoms with Crippen molar-refractivity contribution in [3.8, 4) is 0 Å². The first-order chi connectivity index (χ1) is 7.54. The number of carbonyl (C=O) groups is 2. The Hall–Kier alpha value is -1.10. The summed E-state index contributed by atoms with van der Waals surface area (Å²) in [5, 5.41) is 3.16. The summed E-state index contributed by atoms with van der Waals surface area (Å²) in [4.78, 5) is 24.5. The minimum absolute atomic E-state index is 0.0282. The van der Waals surface area contributed by atoms with Crippen molar-refractivity contribution in [3.05, 3.63) is 0 Å². The zero-order chi connectivity index (χ0) is 12.1. The maximum atomic E-state index is 11.6.